The Morgan fingerprint density at radius 1 is 0.750 bits per heavy atom. The topological polar surface area (TPSA) is 276 Å². The Morgan fingerprint density at radius 2 is 1.31 bits per heavy atom. The molecule has 10 N–H and O–H groups in total. The molecule has 4 aliphatic rings. The summed E-state index contributed by atoms with van der Waals surface area (Å²) in [6.07, 6.45) is 4.33. The molecule has 18 nitrogen and oxygen atoms in total. The molecule has 0 aliphatic carbocycles. The first-order valence-electron chi connectivity index (χ1n) is 16.7. The van der Waals surface area contributed by atoms with Crippen molar-refractivity contribution >= 4 is 47.4 Å². The summed E-state index contributed by atoms with van der Waals surface area (Å²) in [5.74, 6) is -4.74. The molecular weight excluding hydrogens is 628 g/mol. The van der Waals surface area contributed by atoms with Crippen LogP contribution in [0.3, 0.4) is 0 Å². The summed E-state index contributed by atoms with van der Waals surface area (Å²) in [6, 6.07) is -5.48. The van der Waals surface area contributed by atoms with Crippen LogP contribution in [0, 0.1) is 0 Å². The second kappa shape index (κ2) is 16.6. The number of carboxylic acids is 1. The number of hydrogen-bond donors (Lipinski definition) is 7. The fraction of sp³-hybridized carbons (Fsp3) is 0.733. The van der Waals surface area contributed by atoms with Gasteiger partial charge in [-0.1, -0.05) is 0 Å². The van der Waals surface area contributed by atoms with Crippen LogP contribution in [-0.2, 0) is 33.6 Å². The van der Waals surface area contributed by atoms with E-state index in [9.17, 15) is 38.7 Å². The molecule has 0 bridgehead atoms. The third-order valence-electron chi connectivity index (χ3n) is 9.44. The van der Waals surface area contributed by atoms with E-state index in [1.165, 1.54) is 4.90 Å². The van der Waals surface area contributed by atoms with Crippen molar-refractivity contribution in [1.29, 1.82) is 0 Å². The van der Waals surface area contributed by atoms with Crippen molar-refractivity contribution in [2.24, 2.45) is 22.2 Å². The molecule has 0 spiro atoms. The molecule has 0 aromatic heterocycles. The highest BCUT2D eigenvalue weighted by atomic mass is 16.4. The maximum absolute atomic E-state index is 14.0. The molecular formula is C30H48N10O8. The van der Waals surface area contributed by atoms with Gasteiger partial charge in [-0.25, -0.2) is 4.79 Å². The summed E-state index contributed by atoms with van der Waals surface area (Å²) in [4.78, 5) is 99.3. The number of nitrogens with one attached hydrogen (secondary N) is 3. The number of aliphatic carboxylic acids is 1. The Labute approximate surface area is 278 Å². The zero-order chi connectivity index (χ0) is 35.0. The number of primary amides is 1. The van der Waals surface area contributed by atoms with Gasteiger partial charge < -0.3 is 53.0 Å². The molecule has 48 heavy (non-hydrogen) atoms. The van der Waals surface area contributed by atoms with Crippen LogP contribution in [0.15, 0.2) is 4.99 Å². The molecule has 0 radical (unpaired) electrons. The highest BCUT2D eigenvalue weighted by Gasteiger charge is 2.46. The monoisotopic (exact) mass is 676 g/mol. The number of carbonyl (C=O) groups is 7. The summed E-state index contributed by atoms with van der Waals surface area (Å²) in [7, 11) is 0. The second-order valence-corrected chi connectivity index (χ2v) is 12.8. The highest BCUT2D eigenvalue weighted by Crippen LogP contribution is 2.29. The molecule has 0 aromatic carbocycles. The third-order valence-corrected chi connectivity index (χ3v) is 9.44. The van der Waals surface area contributed by atoms with Gasteiger partial charge in [-0.05, 0) is 70.8 Å². The average molecular weight is 677 g/mol. The van der Waals surface area contributed by atoms with Crippen molar-refractivity contribution in [2.45, 2.75) is 107 Å². The van der Waals surface area contributed by atoms with Crippen molar-refractivity contribution in [2.75, 3.05) is 32.7 Å². The Bertz CT molecular complexity index is 1280. The predicted molar refractivity (Wildman–Crippen MR) is 170 cm³/mol. The largest absolute Gasteiger partial charge is 0.480 e. The number of rotatable bonds is 14. The Kier molecular flexibility index (Phi) is 12.5. The molecule has 4 heterocycles. The van der Waals surface area contributed by atoms with E-state index < -0.39 is 60.3 Å². The summed E-state index contributed by atoms with van der Waals surface area (Å²) in [6.45, 7) is 2.03. The number of carboxylic acid groups (broad SMARTS) is 1. The molecule has 4 fully saturated rings. The number of likely N-dealkylation sites (tertiary alicyclic amines) is 3. The normalized spacial score (nSPS) is 25.0. The van der Waals surface area contributed by atoms with Gasteiger partial charge in [-0.3, -0.25) is 33.8 Å². The van der Waals surface area contributed by atoms with Crippen LogP contribution in [0.1, 0.15) is 70.6 Å². The van der Waals surface area contributed by atoms with Gasteiger partial charge in [0.1, 0.15) is 30.2 Å². The fourth-order valence-electron chi connectivity index (χ4n) is 7.07. The van der Waals surface area contributed by atoms with Crippen molar-refractivity contribution < 1.29 is 38.7 Å². The smallest absolute Gasteiger partial charge is 0.326 e. The van der Waals surface area contributed by atoms with Gasteiger partial charge in [0.15, 0.2) is 5.96 Å². The van der Waals surface area contributed by atoms with E-state index in [1.807, 2.05) is 0 Å². The molecule has 4 saturated heterocycles. The van der Waals surface area contributed by atoms with Gasteiger partial charge in [0, 0.05) is 26.2 Å². The highest BCUT2D eigenvalue weighted by molar-refractivity contribution is 5.97. The van der Waals surface area contributed by atoms with Crippen LogP contribution in [0.4, 0.5) is 0 Å². The van der Waals surface area contributed by atoms with Crippen LogP contribution < -0.4 is 33.2 Å². The minimum atomic E-state index is -1.61. The van der Waals surface area contributed by atoms with Crippen molar-refractivity contribution in [3.8, 4) is 0 Å². The number of nitrogens with two attached hydrogens (primary N) is 3. The van der Waals surface area contributed by atoms with Gasteiger partial charge in [0.05, 0.1) is 12.5 Å². The van der Waals surface area contributed by atoms with Crippen LogP contribution in [0.2, 0.25) is 0 Å². The average Bonchev–Trinajstić information content (AvgIpc) is 3.87. The van der Waals surface area contributed by atoms with Gasteiger partial charge in [0.25, 0.3) is 0 Å². The summed E-state index contributed by atoms with van der Waals surface area (Å²) < 4.78 is 0. The van der Waals surface area contributed by atoms with Crippen molar-refractivity contribution in [3.63, 3.8) is 0 Å². The van der Waals surface area contributed by atoms with Crippen LogP contribution in [-0.4, -0.2) is 136 Å². The molecule has 0 unspecified atom stereocenters. The van der Waals surface area contributed by atoms with E-state index in [-0.39, 0.29) is 55.7 Å². The predicted octanol–water partition coefficient (Wildman–Crippen LogP) is -3.31. The lowest BCUT2D eigenvalue weighted by Crippen LogP contribution is -2.58. The first-order chi connectivity index (χ1) is 22.9. The molecule has 0 saturated carbocycles. The molecule has 18 heteroatoms. The van der Waals surface area contributed by atoms with E-state index in [0.717, 1.165) is 19.4 Å². The van der Waals surface area contributed by atoms with Gasteiger partial charge in [-0.15, -0.1) is 0 Å². The number of aliphatic imine (C=N–C) groups is 1. The van der Waals surface area contributed by atoms with Crippen LogP contribution >= 0.6 is 0 Å². The molecule has 6 atom stereocenters. The molecule has 6 amide bonds. The third kappa shape index (κ3) is 8.90. The standard InChI is InChI=1S/C30H48N10O8/c31-23(41)16-19(29(47)48)37-24(42)17(6-1-12-35-30(32)33)36-25(43)20-8-3-13-38(20)27(45)22-10-5-15-40(22)28(46)21-9-4-14-39(21)26(44)18-7-2-11-34-18/h17-22,34H,1-16H2,(H2,31,41)(H,36,43)(H,37,42)(H,47,48)(H4,32,33,35)/t17-,18-,19-,20-,21-,22-/m0/s1. The van der Waals surface area contributed by atoms with E-state index in [1.54, 1.807) is 9.80 Å². The quantitative estimate of drug-likeness (QED) is 0.0544. The Hall–Kier alpha value is -4.48. The molecule has 0 aromatic rings. The van der Waals surface area contributed by atoms with Crippen LogP contribution in [0.25, 0.3) is 0 Å². The zero-order valence-electron chi connectivity index (χ0n) is 27.1. The SMILES string of the molecule is NC(=O)C[C@H](NC(=O)[C@H](CCCN=C(N)N)NC(=O)[C@@H]1CCCN1C(=O)[C@@H]1CCCN1C(=O)[C@@H]1CCCN1C(=O)[C@@H]1CCCN1)C(=O)O. The molecule has 266 valence electrons. The minimum absolute atomic E-state index is 0.0236. The minimum Gasteiger partial charge on any atom is -0.480 e. The summed E-state index contributed by atoms with van der Waals surface area (Å²) in [5, 5.41) is 17.6. The number of hydrogen-bond acceptors (Lipinski definition) is 9. The van der Waals surface area contributed by atoms with Crippen LogP contribution in [0.5, 0.6) is 0 Å². The Balaban J connectivity index is 1.43. The molecule has 4 aliphatic heterocycles. The van der Waals surface area contributed by atoms with Gasteiger partial charge >= 0.3 is 5.97 Å². The number of nitrogens with zero attached hydrogens (tertiary/aromatic N) is 4. The molecule has 4 rings (SSSR count). The van der Waals surface area contributed by atoms with E-state index >= 15 is 0 Å². The lowest BCUT2D eigenvalue weighted by molar-refractivity contribution is -0.151. The lowest BCUT2D eigenvalue weighted by atomic mass is 10.1. The first-order valence-corrected chi connectivity index (χ1v) is 16.7. The Morgan fingerprint density at radius 3 is 1.83 bits per heavy atom. The summed E-state index contributed by atoms with van der Waals surface area (Å²) >= 11 is 0. The lowest BCUT2D eigenvalue weighted by Gasteiger charge is -2.34. The zero-order valence-corrected chi connectivity index (χ0v) is 27.1. The van der Waals surface area contributed by atoms with Gasteiger partial charge in [-0.2, -0.15) is 0 Å². The maximum atomic E-state index is 14.0. The second-order valence-electron chi connectivity index (χ2n) is 12.8. The van der Waals surface area contributed by atoms with E-state index in [4.69, 9.17) is 17.2 Å². The number of amides is 6. The fourth-order valence-corrected chi connectivity index (χ4v) is 7.07. The number of carbonyl (C=O) groups excluding carboxylic acids is 6. The first kappa shape index (κ1) is 36.4. The number of guanidine groups is 1. The van der Waals surface area contributed by atoms with Gasteiger partial charge in [0.2, 0.25) is 35.4 Å². The summed E-state index contributed by atoms with van der Waals surface area (Å²) in [5.41, 5.74) is 15.9. The maximum Gasteiger partial charge on any atom is 0.326 e. The van der Waals surface area contributed by atoms with Crippen molar-refractivity contribution in [1.82, 2.24) is 30.7 Å². The van der Waals surface area contributed by atoms with E-state index in [2.05, 4.69) is 20.9 Å². The van der Waals surface area contributed by atoms with Crippen molar-refractivity contribution in [3.05, 3.63) is 0 Å². The van der Waals surface area contributed by atoms with E-state index in [0.29, 0.717) is 51.6 Å².